The molecular formula is C14H10BrClF3N. The molecule has 1 nitrogen and oxygen atoms in total. The molecule has 0 radical (unpaired) electrons. The number of benzene rings is 2. The van der Waals surface area contributed by atoms with Crippen LogP contribution in [0.3, 0.4) is 0 Å². The predicted molar refractivity (Wildman–Crippen MR) is 76.6 cm³/mol. The molecule has 2 N–H and O–H groups in total. The van der Waals surface area contributed by atoms with E-state index in [0.717, 1.165) is 10.5 Å². The largest absolute Gasteiger partial charge is 0.416 e. The third-order valence-electron chi connectivity index (χ3n) is 2.90. The lowest BCUT2D eigenvalue weighted by Gasteiger charge is -2.19. The molecule has 0 fully saturated rings. The Kier molecular flexibility index (Phi) is 4.42. The van der Waals surface area contributed by atoms with Crippen LogP contribution in [0.25, 0.3) is 0 Å². The predicted octanol–water partition coefficient (Wildman–Crippen LogP) is 5.17. The second kappa shape index (κ2) is 5.76. The third kappa shape index (κ3) is 3.16. The molecule has 2 rings (SSSR count). The first kappa shape index (κ1) is 15.4. The van der Waals surface area contributed by atoms with Gasteiger partial charge in [0.05, 0.1) is 11.6 Å². The quantitative estimate of drug-likeness (QED) is 0.782. The van der Waals surface area contributed by atoms with Gasteiger partial charge in [0.15, 0.2) is 0 Å². The van der Waals surface area contributed by atoms with Crippen molar-refractivity contribution in [3.8, 4) is 0 Å². The fraction of sp³-hybridized carbons (Fsp3) is 0.143. The Morgan fingerprint density at radius 3 is 2.30 bits per heavy atom. The zero-order valence-electron chi connectivity index (χ0n) is 10.1. The minimum Gasteiger partial charge on any atom is -0.320 e. The van der Waals surface area contributed by atoms with Gasteiger partial charge in [-0.1, -0.05) is 51.8 Å². The maximum atomic E-state index is 13.0. The Morgan fingerprint density at radius 1 is 1.05 bits per heavy atom. The van der Waals surface area contributed by atoms with Gasteiger partial charge in [0.2, 0.25) is 0 Å². The minimum absolute atomic E-state index is 0.00391. The van der Waals surface area contributed by atoms with Crippen molar-refractivity contribution in [2.75, 3.05) is 0 Å². The van der Waals surface area contributed by atoms with Crippen molar-refractivity contribution in [1.29, 1.82) is 0 Å². The van der Waals surface area contributed by atoms with E-state index in [9.17, 15) is 13.2 Å². The summed E-state index contributed by atoms with van der Waals surface area (Å²) in [7, 11) is 0. The molecule has 1 unspecified atom stereocenters. The Labute approximate surface area is 127 Å². The first-order valence-corrected chi connectivity index (χ1v) is 6.84. The van der Waals surface area contributed by atoms with Gasteiger partial charge in [0, 0.05) is 9.50 Å². The summed E-state index contributed by atoms with van der Waals surface area (Å²) in [5.74, 6) is 0. The molecule has 0 heterocycles. The van der Waals surface area contributed by atoms with Crippen molar-refractivity contribution in [3.05, 3.63) is 68.7 Å². The Balaban J connectivity index is 2.51. The molecule has 0 bridgehead atoms. The number of alkyl halides is 3. The average molecular weight is 365 g/mol. The third-order valence-corrected chi connectivity index (χ3v) is 3.72. The lowest BCUT2D eigenvalue weighted by atomic mass is 9.95. The number of hydrogen-bond acceptors (Lipinski definition) is 1. The molecule has 0 saturated heterocycles. The highest BCUT2D eigenvalue weighted by atomic mass is 79.9. The fourth-order valence-corrected chi connectivity index (χ4v) is 2.74. The first-order valence-electron chi connectivity index (χ1n) is 5.67. The number of hydrogen-bond donors (Lipinski definition) is 1. The average Bonchev–Trinajstić information content (AvgIpc) is 2.37. The van der Waals surface area contributed by atoms with Gasteiger partial charge in [-0.25, -0.2) is 0 Å². The van der Waals surface area contributed by atoms with Crippen molar-refractivity contribution in [3.63, 3.8) is 0 Å². The molecule has 0 aliphatic carbocycles. The van der Waals surface area contributed by atoms with E-state index in [0.29, 0.717) is 10.6 Å². The van der Waals surface area contributed by atoms with Crippen LogP contribution in [-0.4, -0.2) is 0 Å². The summed E-state index contributed by atoms with van der Waals surface area (Å²) in [6.07, 6.45) is -4.45. The van der Waals surface area contributed by atoms with Gasteiger partial charge in [-0.3, -0.25) is 0 Å². The molecule has 106 valence electrons. The van der Waals surface area contributed by atoms with Gasteiger partial charge in [-0.15, -0.1) is 0 Å². The Morgan fingerprint density at radius 2 is 1.70 bits per heavy atom. The van der Waals surface area contributed by atoms with Crippen LogP contribution in [0.1, 0.15) is 22.7 Å². The van der Waals surface area contributed by atoms with Crippen LogP contribution >= 0.6 is 27.5 Å². The topological polar surface area (TPSA) is 26.0 Å². The van der Waals surface area contributed by atoms with Crippen molar-refractivity contribution in [1.82, 2.24) is 0 Å². The minimum atomic E-state index is -4.45. The standard InChI is InChI=1S/C14H10BrClF3N/c15-8-5-6-10(12(16)7-8)13(20)9-3-1-2-4-11(9)14(17,18)19/h1-7,13H,20H2. The van der Waals surface area contributed by atoms with E-state index in [-0.39, 0.29) is 5.56 Å². The highest BCUT2D eigenvalue weighted by Crippen LogP contribution is 2.37. The Hall–Kier alpha value is -1.04. The Bertz CT molecular complexity index is 628. The summed E-state index contributed by atoms with van der Waals surface area (Å²) in [6.45, 7) is 0. The molecule has 2 aromatic carbocycles. The van der Waals surface area contributed by atoms with E-state index in [1.165, 1.54) is 18.2 Å². The van der Waals surface area contributed by atoms with Crippen molar-refractivity contribution < 1.29 is 13.2 Å². The van der Waals surface area contributed by atoms with E-state index in [1.54, 1.807) is 18.2 Å². The summed E-state index contributed by atoms with van der Waals surface area (Å²) in [5.41, 5.74) is 5.68. The summed E-state index contributed by atoms with van der Waals surface area (Å²) >= 11 is 9.29. The molecule has 0 spiro atoms. The zero-order chi connectivity index (χ0) is 14.9. The van der Waals surface area contributed by atoms with Crippen LogP contribution in [-0.2, 0) is 6.18 Å². The molecule has 0 aliphatic rings. The number of nitrogens with two attached hydrogens (primary N) is 1. The van der Waals surface area contributed by atoms with Crippen molar-refractivity contribution in [2.24, 2.45) is 5.73 Å². The summed E-state index contributed by atoms with van der Waals surface area (Å²) in [6, 6.07) is 9.22. The maximum Gasteiger partial charge on any atom is 0.416 e. The lowest BCUT2D eigenvalue weighted by molar-refractivity contribution is -0.138. The summed E-state index contributed by atoms with van der Waals surface area (Å²) in [5, 5.41) is 0.323. The second-order valence-electron chi connectivity index (χ2n) is 4.23. The summed E-state index contributed by atoms with van der Waals surface area (Å²) < 4.78 is 39.7. The fourth-order valence-electron chi connectivity index (χ4n) is 1.95. The van der Waals surface area contributed by atoms with Crippen LogP contribution in [0, 0.1) is 0 Å². The van der Waals surface area contributed by atoms with Crippen molar-refractivity contribution >= 4 is 27.5 Å². The van der Waals surface area contributed by atoms with Crippen LogP contribution in [0.2, 0.25) is 5.02 Å². The molecule has 20 heavy (non-hydrogen) atoms. The van der Waals surface area contributed by atoms with Crippen LogP contribution < -0.4 is 5.73 Å². The monoisotopic (exact) mass is 363 g/mol. The molecule has 0 aliphatic heterocycles. The molecule has 6 heteroatoms. The zero-order valence-corrected chi connectivity index (χ0v) is 12.4. The van der Waals surface area contributed by atoms with E-state index in [1.807, 2.05) is 0 Å². The van der Waals surface area contributed by atoms with E-state index in [2.05, 4.69) is 15.9 Å². The molecule has 1 atom stereocenters. The lowest BCUT2D eigenvalue weighted by Crippen LogP contribution is -2.18. The van der Waals surface area contributed by atoms with Gasteiger partial charge in [0.1, 0.15) is 0 Å². The SMILES string of the molecule is NC(c1ccc(Br)cc1Cl)c1ccccc1C(F)(F)F. The first-order chi connectivity index (χ1) is 9.30. The highest BCUT2D eigenvalue weighted by Gasteiger charge is 2.34. The van der Waals surface area contributed by atoms with Gasteiger partial charge in [0.25, 0.3) is 0 Å². The maximum absolute atomic E-state index is 13.0. The van der Waals surface area contributed by atoms with Gasteiger partial charge >= 0.3 is 6.18 Å². The molecule has 0 aromatic heterocycles. The highest BCUT2D eigenvalue weighted by molar-refractivity contribution is 9.10. The van der Waals surface area contributed by atoms with Crippen molar-refractivity contribution in [2.45, 2.75) is 12.2 Å². The normalized spacial score (nSPS) is 13.3. The van der Waals surface area contributed by atoms with E-state index < -0.39 is 17.8 Å². The molecule has 2 aromatic rings. The van der Waals surface area contributed by atoms with E-state index >= 15 is 0 Å². The number of rotatable bonds is 2. The van der Waals surface area contributed by atoms with Crippen LogP contribution in [0.4, 0.5) is 13.2 Å². The molecule has 0 amide bonds. The van der Waals surface area contributed by atoms with Gasteiger partial charge < -0.3 is 5.73 Å². The summed E-state index contributed by atoms with van der Waals surface area (Å²) in [4.78, 5) is 0. The number of halogens is 5. The second-order valence-corrected chi connectivity index (χ2v) is 5.55. The smallest absolute Gasteiger partial charge is 0.320 e. The van der Waals surface area contributed by atoms with Crippen LogP contribution in [0.5, 0.6) is 0 Å². The van der Waals surface area contributed by atoms with Crippen LogP contribution in [0.15, 0.2) is 46.9 Å². The molecule has 0 saturated carbocycles. The van der Waals surface area contributed by atoms with E-state index in [4.69, 9.17) is 17.3 Å². The molecular weight excluding hydrogens is 355 g/mol. The van der Waals surface area contributed by atoms with Gasteiger partial charge in [-0.05, 0) is 29.3 Å². The van der Waals surface area contributed by atoms with Gasteiger partial charge in [-0.2, -0.15) is 13.2 Å².